The van der Waals surface area contributed by atoms with E-state index in [1.807, 2.05) is 62.0 Å². The van der Waals surface area contributed by atoms with Gasteiger partial charge in [0.05, 0.1) is 29.3 Å². The van der Waals surface area contributed by atoms with Crippen LogP contribution in [0.5, 0.6) is 5.75 Å². The number of esters is 1. The molecule has 39 heavy (non-hydrogen) atoms. The van der Waals surface area contributed by atoms with Crippen molar-refractivity contribution in [1.82, 2.24) is 9.55 Å². The van der Waals surface area contributed by atoms with E-state index in [1.165, 1.54) is 23.0 Å². The first-order chi connectivity index (χ1) is 18.7. The molecule has 1 aliphatic rings. The lowest BCUT2D eigenvalue weighted by Crippen LogP contribution is -2.29. The van der Waals surface area contributed by atoms with Crippen LogP contribution in [0.4, 0.5) is 0 Å². The zero-order valence-corrected chi connectivity index (χ0v) is 24.0. The van der Waals surface area contributed by atoms with Crippen LogP contribution < -0.4 is 4.74 Å². The lowest BCUT2D eigenvalue weighted by atomic mass is 9.87. The highest BCUT2D eigenvalue weighted by atomic mass is 35.5. The first-order valence-corrected chi connectivity index (χ1v) is 14.1. The number of rotatable bonds is 8. The molecule has 0 saturated heterocycles. The molecule has 5 rings (SSSR count). The van der Waals surface area contributed by atoms with E-state index in [0.29, 0.717) is 35.4 Å². The maximum atomic E-state index is 12.7. The Balaban J connectivity index is 1.61. The number of hydrogen-bond donors (Lipinski definition) is 0. The Hall–Kier alpha value is -3.47. The predicted octanol–water partition coefficient (Wildman–Crippen LogP) is 6.97. The molecule has 8 heteroatoms. The van der Waals surface area contributed by atoms with Crippen molar-refractivity contribution in [3.63, 3.8) is 0 Å². The molecule has 0 saturated carbocycles. The quantitative estimate of drug-likeness (QED) is 0.217. The van der Waals surface area contributed by atoms with Crippen molar-refractivity contribution in [3.05, 3.63) is 87.8 Å². The van der Waals surface area contributed by atoms with Gasteiger partial charge in [-0.15, -0.1) is 11.8 Å². The van der Waals surface area contributed by atoms with Gasteiger partial charge in [-0.05, 0) is 62.2 Å². The summed E-state index contributed by atoms with van der Waals surface area (Å²) in [4.78, 5) is 18.3. The number of hydrogen-bond acceptors (Lipinski definition) is 6. The Morgan fingerprint density at radius 1 is 1.21 bits per heavy atom. The molecule has 0 spiro atoms. The highest BCUT2D eigenvalue weighted by molar-refractivity contribution is 8.00. The largest absolute Gasteiger partial charge is 0.487 e. The Morgan fingerprint density at radius 2 is 1.97 bits per heavy atom. The van der Waals surface area contributed by atoms with Crippen molar-refractivity contribution in [1.29, 1.82) is 5.26 Å². The summed E-state index contributed by atoms with van der Waals surface area (Å²) in [6.45, 7) is 7.07. The summed E-state index contributed by atoms with van der Waals surface area (Å²) < 4.78 is 13.8. The van der Waals surface area contributed by atoms with Crippen molar-refractivity contribution in [3.8, 4) is 11.8 Å². The van der Waals surface area contributed by atoms with Gasteiger partial charge in [-0.3, -0.25) is 9.78 Å². The van der Waals surface area contributed by atoms with Gasteiger partial charge in [-0.25, -0.2) is 0 Å². The molecule has 3 heterocycles. The molecule has 2 aromatic heterocycles. The summed E-state index contributed by atoms with van der Waals surface area (Å²) in [6, 6.07) is 17.7. The maximum Gasteiger partial charge on any atom is 0.311 e. The molecule has 0 N–H and O–H groups in total. The van der Waals surface area contributed by atoms with Crippen LogP contribution in [-0.4, -0.2) is 27.9 Å². The van der Waals surface area contributed by atoms with E-state index in [2.05, 4.69) is 28.6 Å². The third kappa shape index (κ3) is 5.50. The molecular weight excluding hydrogens is 530 g/mol. The zero-order chi connectivity index (χ0) is 27.7. The number of benzene rings is 2. The minimum absolute atomic E-state index is 0.231. The Kier molecular flexibility index (Phi) is 7.61. The van der Waals surface area contributed by atoms with E-state index in [9.17, 15) is 4.79 Å². The SMILES string of the molecule is COC(=O)C(C)(C)Cc1c2c3c(c(OCc4ccc(C#N)cn4)ccc3n1Cc1ccc(Cl)cc1)CC(C)S2. The van der Waals surface area contributed by atoms with E-state index in [-0.39, 0.29) is 5.97 Å². The molecule has 0 radical (unpaired) electrons. The molecule has 0 fully saturated rings. The van der Waals surface area contributed by atoms with Gasteiger partial charge >= 0.3 is 5.97 Å². The number of nitriles is 1. The van der Waals surface area contributed by atoms with Crippen molar-refractivity contribution in [2.45, 2.75) is 56.9 Å². The second kappa shape index (κ2) is 11.0. The van der Waals surface area contributed by atoms with Gasteiger partial charge in [0.1, 0.15) is 18.4 Å². The number of pyridine rings is 1. The van der Waals surface area contributed by atoms with E-state index < -0.39 is 5.41 Å². The molecule has 1 atom stereocenters. The number of methoxy groups -OCH3 is 1. The van der Waals surface area contributed by atoms with Crippen molar-refractivity contribution >= 4 is 40.2 Å². The number of nitrogens with zero attached hydrogens (tertiary/aromatic N) is 3. The lowest BCUT2D eigenvalue weighted by molar-refractivity contribution is -0.150. The molecule has 4 aromatic rings. The van der Waals surface area contributed by atoms with Crippen LogP contribution in [0.3, 0.4) is 0 Å². The average molecular weight is 560 g/mol. The zero-order valence-electron chi connectivity index (χ0n) is 22.5. The van der Waals surface area contributed by atoms with Crippen LogP contribution in [0.15, 0.2) is 59.6 Å². The monoisotopic (exact) mass is 559 g/mol. The molecule has 0 amide bonds. The van der Waals surface area contributed by atoms with Gasteiger partial charge in [0.25, 0.3) is 0 Å². The molecule has 1 aliphatic heterocycles. The molecule has 6 nitrogen and oxygen atoms in total. The van der Waals surface area contributed by atoms with E-state index >= 15 is 0 Å². The minimum atomic E-state index is -0.695. The van der Waals surface area contributed by atoms with Crippen LogP contribution in [0.2, 0.25) is 5.02 Å². The predicted molar refractivity (Wildman–Crippen MR) is 154 cm³/mol. The van der Waals surface area contributed by atoms with Crippen molar-refractivity contribution in [2.24, 2.45) is 5.41 Å². The van der Waals surface area contributed by atoms with Gasteiger partial charge < -0.3 is 14.0 Å². The second-order valence-electron chi connectivity index (χ2n) is 10.5. The van der Waals surface area contributed by atoms with E-state index in [1.54, 1.807) is 12.3 Å². The van der Waals surface area contributed by atoms with Gasteiger partial charge in [0.15, 0.2) is 0 Å². The summed E-state index contributed by atoms with van der Waals surface area (Å²) in [6.07, 6.45) is 2.98. The highest BCUT2D eigenvalue weighted by Gasteiger charge is 2.35. The van der Waals surface area contributed by atoms with Crippen molar-refractivity contribution < 1.29 is 14.3 Å². The normalized spacial score (nSPS) is 14.7. The fourth-order valence-corrected chi connectivity index (χ4v) is 6.57. The number of ether oxygens (including phenoxy) is 2. The average Bonchev–Trinajstić information content (AvgIpc) is 3.21. The Morgan fingerprint density at radius 3 is 2.64 bits per heavy atom. The van der Waals surface area contributed by atoms with Crippen LogP contribution in [-0.2, 0) is 35.5 Å². The standard InChI is InChI=1S/C31H30ClN3O3S/c1-19-13-24-27(38-18-23-10-7-21(15-33)16-34-23)12-11-25-28(24)29(39-19)26(14-31(2,3)30(36)37-4)35(25)17-20-5-8-22(32)9-6-20/h5-12,16,19H,13-14,17-18H2,1-4H3. The van der Waals surface area contributed by atoms with E-state index in [0.717, 1.165) is 34.6 Å². The Labute approximate surface area is 237 Å². The summed E-state index contributed by atoms with van der Waals surface area (Å²) in [5, 5.41) is 11.3. The van der Waals surface area contributed by atoms with Gasteiger partial charge in [-0.1, -0.05) is 30.7 Å². The van der Waals surface area contributed by atoms with E-state index in [4.69, 9.17) is 26.3 Å². The number of halogens is 1. The van der Waals surface area contributed by atoms with Crippen LogP contribution >= 0.6 is 23.4 Å². The van der Waals surface area contributed by atoms with Crippen LogP contribution in [0, 0.1) is 16.7 Å². The fraction of sp³-hybridized carbons (Fsp3) is 0.323. The summed E-state index contributed by atoms with van der Waals surface area (Å²) in [5.41, 5.74) is 5.14. The summed E-state index contributed by atoms with van der Waals surface area (Å²) >= 11 is 8.02. The van der Waals surface area contributed by atoms with Gasteiger partial charge in [-0.2, -0.15) is 5.26 Å². The second-order valence-corrected chi connectivity index (χ2v) is 12.4. The summed E-state index contributed by atoms with van der Waals surface area (Å²) in [7, 11) is 1.44. The molecule has 200 valence electrons. The third-order valence-electron chi connectivity index (χ3n) is 7.10. The first kappa shape index (κ1) is 27.1. The minimum Gasteiger partial charge on any atom is -0.487 e. The Bertz CT molecular complexity index is 1570. The highest BCUT2D eigenvalue weighted by Crippen LogP contribution is 2.48. The molecule has 0 bridgehead atoms. The lowest BCUT2D eigenvalue weighted by Gasteiger charge is -2.25. The third-order valence-corrected chi connectivity index (χ3v) is 8.59. The molecule has 1 unspecified atom stereocenters. The number of thioether (sulfide) groups is 1. The smallest absolute Gasteiger partial charge is 0.311 e. The first-order valence-electron chi connectivity index (χ1n) is 12.8. The number of carbonyl (C=O) groups is 1. The van der Waals surface area contributed by atoms with Gasteiger partial charge in [0.2, 0.25) is 0 Å². The van der Waals surface area contributed by atoms with Crippen LogP contribution in [0.25, 0.3) is 10.9 Å². The topological polar surface area (TPSA) is 77.1 Å². The van der Waals surface area contributed by atoms with Crippen LogP contribution in [0.1, 0.15) is 48.8 Å². The fourth-order valence-electron chi connectivity index (χ4n) is 5.13. The molecular formula is C31H30ClN3O3S. The molecule has 2 aromatic carbocycles. The number of aromatic nitrogens is 2. The molecule has 0 aliphatic carbocycles. The van der Waals surface area contributed by atoms with Gasteiger partial charge in [0, 0.05) is 51.0 Å². The number of carbonyl (C=O) groups excluding carboxylic acids is 1. The maximum absolute atomic E-state index is 12.7. The summed E-state index contributed by atoms with van der Waals surface area (Å²) in [5.74, 6) is 0.607. The van der Waals surface area contributed by atoms with Crippen molar-refractivity contribution in [2.75, 3.05) is 7.11 Å².